The van der Waals surface area contributed by atoms with Crippen molar-refractivity contribution in [1.82, 2.24) is 9.19 Å². The Hall–Kier alpha value is -1.82. The molecule has 2 aromatic rings. The number of aromatic hydroxyl groups is 1. The van der Waals surface area contributed by atoms with Crippen LogP contribution in [0, 0.1) is 6.92 Å². The lowest BCUT2D eigenvalue weighted by atomic mass is 10.0. The SMILES string of the molecule is CCS(=O)(=O)n1cc(-c2cc(O)ccc2C)cn1. The first-order valence-electron chi connectivity index (χ1n) is 5.52. The zero-order chi connectivity index (χ0) is 13.3. The van der Waals surface area contributed by atoms with E-state index in [9.17, 15) is 13.5 Å². The topological polar surface area (TPSA) is 72.2 Å². The number of benzene rings is 1. The average molecular weight is 266 g/mol. The van der Waals surface area contributed by atoms with E-state index in [1.54, 1.807) is 25.1 Å². The first-order valence-corrected chi connectivity index (χ1v) is 7.13. The molecule has 0 aliphatic carbocycles. The minimum atomic E-state index is -3.37. The van der Waals surface area contributed by atoms with Crippen LogP contribution in [0.4, 0.5) is 0 Å². The van der Waals surface area contributed by atoms with E-state index in [0.29, 0.717) is 5.56 Å². The molecule has 0 saturated carbocycles. The number of rotatable bonds is 3. The van der Waals surface area contributed by atoms with Gasteiger partial charge in [-0.15, -0.1) is 0 Å². The Morgan fingerprint density at radius 3 is 2.78 bits per heavy atom. The lowest BCUT2D eigenvalue weighted by Crippen LogP contribution is -2.14. The molecule has 96 valence electrons. The summed E-state index contributed by atoms with van der Waals surface area (Å²) in [6.45, 7) is 3.46. The molecule has 1 aromatic carbocycles. The van der Waals surface area contributed by atoms with Gasteiger partial charge >= 0.3 is 0 Å². The van der Waals surface area contributed by atoms with E-state index in [-0.39, 0.29) is 11.5 Å². The minimum absolute atomic E-state index is 0.00680. The number of phenols is 1. The Bertz CT molecular complexity index is 674. The highest BCUT2D eigenvalue weighted by Crippen LogP contribution is 2.26. The van der Waals surface area contributed by atoms with Gasteiger partial charge < -0.3 is 5.11 Å². The first kappa shape index (κ1) is 12.6. The lowest BCUT2D eigenvalue weighted by Gasteiger charge is -2.03. The molecule has 1 aromatic heterocycles. The maximum absolute atomic E-state index is 11.6. The number of aromatic nitrogens is 2. The smallest absolute Gasteiger partial charge is 0.253 e. The molecule has 0 amide bonds. The second kappa shape index (κ2) is 4.45. The maximum atomic E-state index is 11.6. The van der Waals surface area contributed by atoms with E-state index >= 15 is 0 Å². The predicted octanol–water partition coefficient (Wildman–Crippen LogP) is 1.76. The summed E-state index contributed by atoms with van der Waals surface area (Å²) in [5, 5.41) is 13.3. The fourth-order valence-electron chi connectivity index (χ4n) is 1.65. The van der Waals surface area contributed by atoms with Crippen molar-refractivity contribution in [3.05, 3.63) is 36.2 Å². The second-order valence-electron chi connectivity index (χ2n) is 4.00. The summed E-state index contributed by atoms with van der Waals surface area (Å²) in [6.07, 6.45) is 2.94. The standard InChI is InChI=1S/C12H14N2O3S/c1-3-18(16,17)14-8-10(7-13-14)12-6-11(15)5-4-9(12)2/h4-8,15H,3H2,1-2H3. The molecule has 0 saturated heterocycles. The van der Waals surface area contributed by atoms with Gasteiger partial charge in [-0.3, -0.25) is 0 Å². The fourth-order valence-corrected chi connectivity index (χ4v) is 2.38. The first-order chi connectivity index (χ1) is 8.44. The van der Waals surface area contributed by atoms with Crippen molar-refractivity contribution in [2.24, 2.45) is 0 Å². The van der Waals surface area contributed by atoms with Crippen LogP contribution in [0.1, 0.15) is 12.5 Å². The molecule has 18 heavy (non-hydrogen) atoms. The summed E-state index contributed by atoms with van der Waals surface area (Å²) in [5.41, 5.74) is 2.38. The molecular weight excluding hydrogens is 252 g/mol. The fraction of sp³-hybridized carbons (Fsp3) is 0.250. The Kier molecular flexibility index (Phi) is 3.13. The van der Waals surface area contributed by atoms with Crippen LogP contribution >= 0.6 is 0 Å². The summed E-state index contributed by atoms with van der Waals surface area (Å²) < 4.78 is 24.3. The second-order valence-corrected chi connectivity index (χ2v) is 6.12. The van der Waals surface area contributed by atoms with Gasteiger partial charge in [0.2, 0.25) is 0 Å². The van der Waals surface area contributed by atoms with Crippen LogP contribution < -0.4 is 0 Å². The number of hydrogen-bond acceptors (Lipinski definition) is 4. The third kappa shape index (κ3) is 2.24. The van der Waals surface area contributed by atoms with Gasteiger partial charge in [-0.25, -0.2) is 8.42 Å². The molecule has 0 radical (unpaired) electrons. The Morgan fingerprint density at radius 1 is 1.39 bits per heavy atom. The van der Waals surface area contributed by atoms with Gasteiger partial charge in [-0.1, -0.05) is 6.07 Å². The van der Waals surface area contributed by atoms with Gasteiger partial charge in [-0.2, -0.15) is 9.19 Å². The molecular formula is C12H14N2O3S. The van der Waals surface area contributed by atoms with Crippen molar-refractivity contribution in [2.75, 3.05) is 5.75 Å². The molecule has 6 heteroatoms. The molecule has 0 atom stereocenters. The monoisotopic (exact) mass is 266 g/mol. The number of aryl methyl sites for hydroxylation is 1. The Labute approximate surface area is 106 Å². The van der Waals surface area contributed by atoms with Gasteiger partial charge in [0.25, 0.3) is 10.0 Å². The van der Waals surface area contributed by atoms with Crippen molar-refractivity contribution >= 4 is 10.0 Å². The Balaban J connectivity index is 2.51. The van der Waals surface area contributed by atoms with Crippen molar-refractivity contribution in [1.29, 1.82) is 0 Å². The van der Waals surface area contributed by atoms with Gasteiger partial charge in [-0.05, 0) is 37.1 Å². The van der Waals surface area contributed by atoms with Crippen molar-refractivity contribution < 1.29 is 13.5 Å². The van der Waals surface area contributed by atoms with E-state index in [4.69, 9.17) is 0 Å². The maximum Gasteiger partial charge on any atom is 0.253 e. The van der Waals surface area contributed by atoms with E-state index < -0.39 is 10.0 Å². The van der Waals surface area contributed by atoms with Crippen molar-refractivity contribution in [2.45, 2.75) is 13.8 Å². The van der Waals surface area contributed by atoms with Gasteiger partial charge in [0.1, 0.15) is 5.75 Å². The summed E-state index contributed by atoms with van der Waals surface area (Å²) in [7, 11) is -3.37. The third-order valence-corrected chi connectivity index (χ3v) is 4.24. The molecule has 0 aliphatic heterocycles. The third-order valence-electron chi connectivity index (χ3n) is 2.74. The number of nitrogens with zero attached hydrogens (tertiary/aromatic N) is 2. The summed E-state index contributed by atoms with van der Waals surface area (Å²) in [4.78, 5) is 0. The molecule has 0 spiro atoms. The Morgan fingerprint density at radius 2 is 2.11 bits per heavy atom. The zero-order valence-corrected chi connectivity index (χ0v) is 11.0. The molecule has 0 unspecified atom stereocenters. The molecule has 1 N–H and O–H groups in total. The van der Waals surface area contributed by atoms with Crippen molar-refractivity contribution in [3.8, 4) is 16.9 Å². The normalized spacial score (nSPS) is 11.7. The molecule has 2 rings (SSSR count). The van der Waals surface area contributed by atoms with Crippen LogP contribution in [-0.2, 0) is 10.0 Å². The van der Waals surface area contributed by atoms with Gasteiger partial charge in [0.05, 0.1) is 18.1 Å². The highest BCUT2D eigenvalue weighted by Gasteiger charge is 2.13. The highest BCUT2D eigenvalue weighted by atomic mass is 32.2. The van der Waals surface area contributed by atoms with Gasteiger partial charge in [0, 0.05) is 5.56 Å². The van der Waals surface area contributed by atoms with Crippen molar-refractivity contribution in [3.63, 3.8) is 0 Å². The summed E-state index contributed by atoms with van der Waals surface area (Å²) >= 11 is 0. The van der Waals surface area contributed by atoms with Gasteiger partial charge in [0.15, 0.2) is 0 Å². The van der Waals surface area contributed by atoms with E-state index in [2.05, 4.69) is 5.10 Å². The van der Waals surface area contributed by atoms with E-state index in [1.807, 2.05) is 6.92 Å². The minimum Gasteiger partial charge on any atom is -0.508 e. The highest BCUT2D eigenvalue weighted by molar-refractivity contribution is 7.89. The zero-order valence-electron chi connectivity index (χ0n) is 10.2. The predicted molar refractivity (Wildman–Crippen MR) is 68.9 cm³/mol. The number of hydrogen-bond donors (Lipinski definition) is 1. The van der Waals surface area contributed by atoms with Crippen LogP contribution in [0.2, 0.25) is 0 Å². The number of phenolic OH excluding ortho intramolecular Hbond substituents is 1. The summed E-state index contributed by atoms with van der Waals surface area (Å²) in [6, 6.07) is 4.96. The summed E-state index contributed by atoms with van der Waals surface area (Å²) in [5.74, 6) is 0.134. The van der Waals surface area contributed by atoms with Crippen LogP contribution in [0.25, 0.3) is 11.1 Å². The largest absolute Gasteiger partial charge is 0.508 e. The molecule has 5 nitrogen and oxygen atoms in total. The van der Waals surface area contributed by atoms with E-state index in [0.717, 1.165) is 15.2 Å². The van der Waals surface area contributed by atoms with E-state index in [1.165, 1.54) is 12.4 Å². The average Bonchev–Trinajstić information content (AvgIpc) is 2.82. The van der Waals surface area contributed by atoms with Crippen LogP contribution in [-0.4, -0.2) is 28.5 Å². The van der Waals surface area contributed by atoms with Crippen LogP contribution in [0.3, 0.4) is 0 Å². The quantitative estimate of drug-likeness (QED) is 0.918. The van der Waals surface area contributed by atoms with Crippen LogP contribution in [0.15, 0.2) is 30.6 Å². The molecule has 0 aliphatic rings. The molecule has 1 heterocycles. The molecule has 0 fully saturated rings. The lowest BCUT2D eigenvalue weighted by molar-refractivity contribution is 0.475. The van der Waals surface area contributed by atoms with Crippen LogP contribution in [0.5, 0.6) is 5.75 Å². The molecule has 0 bridgehead atoms.